The molecule has 2 aromatic carbocycles. The Morgan fingerprint density at radius 2 is 1.59 bits per heavy atom. The van der Waals surface area contributed by atoms with E-state index in [2.05, 4.69) is 15.6 Å². The number of pyridine rings is 1. The van der Waals surface area contributed by atoms with Crippen molar-refractivity contribution in [1.82, 2.24) is 10.3 Å². The van der Waals surface area contributed by atoms with E-state index in [0.717, 1.165) is 11.1 Å². The van der Waals surface area contributed by atoms with E-state index in [4.69, 9.17) is 0 Å². The van der Waals surface area contributed by atoms with E-state index in [1.54, 1.807) is 24.4 Å². The fourth-order valence-electron chi connectivity index (χ4n) is 2.69. The first-order valence-corrected chi connectivity index (χ1v) is 8.75. The second kappa shape index (κ2) is 8.76. The third kappa shape index (κ3) is 5.25. The van der Waals surface area contributed by atoms with Crippen LogP contribution in [0.5, 0.6) is 0 Å². The fraction of sp³-hybridized carbons (Fsp3) is 0.136. The van der Waals surface area contributed by atoms with Crippen LogP contribution in [-0.2, 0) is 4.79 Å². The number of anilines is 1. The fourth-order valence-corrected chi connectivity index (χ4v) is 2.69. The van der Waals surface area contributed by atoms with Crippen molar-refractivity contribution < 1.29 is 9.59 Å². The quantitative estimate of drug-likeness (QED) is 0.701. The summed E-state index contributed by atoms with van der Waals surface area (Å²) in [6.45, 7) is 1.93. The lowest BCUT2D eigenvalue weighted by atomic mass is 10.0. The van der Waals surface area contributed by atoms with E-state index < -0.39 is 6.04 Å². The lowest BCUT2D eigenvalue weighted by Gasteiger charge is -2.19. The number of hydrogen-bond donors (Lipinski definition) is 2. The second-order valence-corrected chi connectivity index (χ2v) is 6.28. The van der Waals surface area contributed by atoms with Gasteiger partial charge in [0.25, 0.3) is 5.91 Å². The number of aryl methyl sites for hydroxylation is 1. The van der Waals surface area contributed by atoms with Gasteiger partial charge in [-0.2, -0.15) is 0 Å². The van der Waals surface area contributed by atoms with E-state index >= 15 is 0 Å². The summed E-state index contributed by atoms with van der Waals surface area (Å²) in [5, 5.41) is 5.74. The van der Waals surface area contributed by atoms with Crippen LogP contribution in [0.4, 0.5) is 5.82 Å². The van der Waals surface area contributed by atoms with E-state index in [0.29, 0.717) is 11.4 Å². The highest BCUT2D eigenvalue weighted by atomic mass is 16.2. The largest absolute Gasteiger partial charge is 0.345 e. The van der Waals surface area contributed by atoms with E-state index in [-0.39, 0.29) is 18.2 Å². The maximum absolute atomic E-state index is 12.6. The first-order valence-electron chi connectivity index (χ1n) is 8.75. The van der Waals surface area contributed by atoms with Crippen LogP contribution < -0.4 is 10.6 Å². The van der Waals surface area contributed by atoms with Gasteiger partial charge in [0.05, 0.1) is 12.5 Å². The van der Waals surface area contributed by atoms with Crippen LogP contribution >= 0.6 is 0 Å². The minimum atomic E-state index is -0.440. The van der Waals surface area contributed by atoms with E-state index in [1.807, 2.05) is 61.5 Å². The van der Waals surface area contributed by atoms with Gasteiger partial charge in [0.15, 0.2) is 0 Å². The molecule has 0 saturated heterocycles. The third-order valence-electron chi connectivity index (χ3n) is 4.11. The molecule has 27 heavy (non-hydrogen) atoms. The van der Waals surface area contributed by atoms with Crippen molar-refractivity contribution in [3.05, 3.63) is 95.7 Å². The molecule has 0 aliphatic rings. The number of carbonyl (C=O) groups is 2. The number of nitrogens with one attached hydrogen (secondary N) is 2. The van der Waals surface area contributed by atoms with E-state index in [1.165, 1.54) is 0 Å². The van der Waals surface area contributed by atoms with Crippen molar-refractivity contribution in [2.45, 2.75) is 19.4 Å². The highest BCUT2D eigenvalue weighted by molar-refractivity contribution is 5.95. The molecule has 1 unspecified atom stereocenters. The minimum absolute atomic E-state index is 0.109. The maximum atomic E-state index is 12.6. The molecule has 0 aliphatic carbocycles. The first kappa shape index (κ1) is 18.3. The standard InChI is InChI=1S/C22H21N3O2/c1-16-12-13-20(23-15-16)25-21(26)14-19(17-8-4-2-5-9-17)24-22(27)18-10-6-3-7-11-18/h2-13,15,19H,14H2,1H3,(H,24,27)(H,23,25,26). The number of amides is 2. The Labute approximate surface area is 158 Å². The first-order chi connectivity index (χ1) is 13.1. The van der Waals surface area contributed by atoms with Gasteiger partial charge in [-0.05, 0) is 36.2 Å². The molecule has 1 heterocycles. The summed E-state index contributed by atoms with van der Waals surface area (Å²) in [7, 11) is 0. The summed E-state index contributed by atoms with van der Waals surface area (Å²) in [5.41, 5.74) is 2.44. The van der Waals surface area contributed by atoms with Crippen LogP contribution in [0.25, 0.3) is 0 Å². The van der Waals surface area contributed by atoms with Crippen molar-refractivity contribution in [3.8, 4) is 0 Å². The summed E-state index contributed by atoms with van der Waals surface area (Å²) < 4.78 is 0. The third-order valence-corrected chi connectivity index (χ3v) is 4.11. The Kier molecular flexibility index (Phi) is 5.94. The van der Waals surface area contributed by atoms with Crippen LogP contribution in [0.3, 0.4) is 0 Å². The SMILES string of the molecule is Cc1ccc(NC(=O)CC(NC(=O)c2ccccc2)c2ccccc2)nc1. The molecule has 0 saturated carbocycles. The van der Waals surface area contributed by atoms with Crippen molar-refractivity contribution in [3.63, 3.8) is 0 Å². The highest BCUT2D eigenvalue weighted by Crippen LogP contribution is 2.18. The average molecular weight is 359 g/mol. The summed E-state index contributed by atoms with van der Waals surface area (Å²) in [6.07, 6.45) is 1.81. The minimum Gasteiger partial charge on any atom is -0.345 e. The number of benzene rings is 2. The molecule has 1 atom stereocenters. The topological polar surface area (TPSA) is 71.1 Å². The molecule has 0 radical (unpaired) electrons. The van der Waals surface area contributed by atoms with E-state index in [9.17, 15) is 9.59 Å². The van der Waals surface area contributed by atoms with Gasteiger partial charge >= 0.3 is 0 Å². The molecular weight excluding hydrogens is 338 g/mol. The molecule has 0 fully saturated rings. The highest BCUT2D eigenvalue weighted by Gasteiger charge is 2.19. The van der Waals surface area contributed by atoms with Crippen molar-refractivity contribution >= 4 is 17.6 Å². The molecule has 136 valence electrons. The lowest BCUT2D eigenvalue weighted by molar-refractivity contribution is -0.116. The smallest absolute Gasteiger partial charge is 0.251 e. The van der Waals surface area contributed by atoms with Crippen LogP contribution in [0.15, 0.2) is 79.0 Å². The molecule has 5 heteroatoms. The molecule has 0 spiro atoms. The van der Waals surface area contributed by atoms with Crippen molar-refractivity contribution in [2.24, 2.45) is 0 Å². The van der Waals surface area contributed by atoms with Gasteiger partial charge in [-0.15, -0.1) is 0 Å². The van der Waals surface area contributed by atoms with Crippen LogP contribution in [0, 0.1) is 6.92 Å². The number of nitrogens with zero attached hydrogens (tertiary/aromatic N) is 1. The van der Waals surface area contributed by atoms with Crippen LogP contribution in [0.1, 0.15) is 33.9 Å². The predicted octanol–water partition coefficient (Wildman–Crippen LogP) is 3.89. The van der Waals surface area contributed by atoms with Crippen molar-refractivity contribution in [2.75, 3.05) is 5.32 Å². The number of aromatic nitrogens is 1. The zero-order chi connectivity index (χ0) is 19.1. The summed E-state index contributed by atoms with van der Waals surface area (Å²) in [6, 6.07) is 21.6. The van der Waals surface area contributed by atoms with Crippen LogP contribution in [0.2, 0.25) is 0 Å². The predicted molar refractivity (Wildman–Crippen MR) is 105 cm³/mol. The number of hydrogen-bond acceptors (Lipinski definition) is 3. The second-order valence-electron chi connectivity index (χ2n) is 6.28. The normalized spacial score (nSPS) is 11.4. The number of rotatable bonds is 6. The molecule has 3 rings (SSSR count). The Morgan fingerprint density at radius 3 is 2.22 bits per heavy atom. The molecule has 1 aromatic heterocycles. The van der Waals surface area contributed by atoms with Gasteiger partial charge in [-0.1, -0.05) is 54.6 Å². The summed E-state index contributed by atoms with van der Waals surface area (Å²) in [5.74, 6) is 0.0612. The zero-order valence-corrected chi connectivity index (χ0v) is 15.1. The Hall–Kier alpha value is -3.47. The average Bonchev–Trinajstić information content (AvgIpc) is 2.70. The summed E-state index contributed by atoms with van der Waals surface area (Å²) in [4.78, 5) is 29.2. The summed E-state index contributed by atoms with van der Waals surface area (Å²) >= 11 is 0. The molecule has 0 bridgehead atoms. The van der Waals surface area contributed by atoms with Crippen molar-refractivity contribution in [1.29, 1.82) is 0 Å². The van der Waals surface area contributed by atoms with Gasteiger partial charge in [-0.3, -0.25) is 9.59 Å². The zero-order valence-electron chi connectivity index (χ0n) is 15.1. The van der Waals surface area contributed by atoms with Crippen LogP contribution in [-0.4, -0.2) is 16.8 Å². The Morgan fingerprint density at radius 1 is 0.926 bits per heavy atom. The molecule has 2 N–H and O–H groups in total. The van der Waals surface area contributed by atoms with Gasteiger partial charge < -0.3 is 10.6 Å². The Balaban J connectivity index is 1.73. The van der Waals surface area contributed by atoms with Gasteiger partial charge in [0, 0.05) is 11.8 Å². The molecule has 0 aliphatic heterocycles. The number of carbonyl (C=O) groups excluding carboxylic acids is 2. The van der Waals surface area contributed by atoms with Gasteiger partial charge in [0.1, 0.15) is 5.82 Å². The molecular formula is C22H21N3O2. The van der Waals surface area contributed by atoms with Gasteiger partial charge in [-0.25, -0.2) is 4.98 Å². The molecule has 2 amide bonds. The lowest BCUT2D eigenvalue weighted by Crippen LogP contribution is -2.31. The van der Waals surface area contributed by atoms with Gasteiger partial charge in [0.2, 0.25) is 5.91 Å². The molecule has 3 aromatic rings. The maximum Gasteiger partial charge on any atom is 0.251 e. The Bertz CT molecular complexity index is 894. The monoisotopic (exact) mass is 359 g/mol. The molecule has 5 nitrogen and oxygen atoms in total.